The van der Waals surface area contributed by atoms with E-state index in [9.17, 15) is 0 Å². The zero-order valence-electron chi connectivity index (χ0n) is 13.6. The van der Waals surface area contributed by atoms with E-state index in [1.54, 1.807) is 31.5 Å². The van der Waals surface area contributed by atoms with E-state index in [1.807, 2.05) is 24.3 Å². The Morgan fingerprint density at radius 3 is 2.92 bits per heavy atom. The summed E-state index contributed by atoms with van der Waals surface area (Å²) in [4.78, 5) is 0. The van der Waals surface area contributed by atoms with Crippen LogP contribution < -0.4 is 9.47 Å². The molecule has 6 nitrogen and oxygen atoms in total. The average molecular weight is 409 g/mol. The summed E-state index contributed by atoms with van der Waals surface area (Å²) < 4.78 is 12.7. The Bertz CT molecular complexity index is 1000. The summed E-state index contributed by atoms with van der Waals surface area (Å²) >= 11 is 17.3. The predicted molar refractivity (Wildman–Crippen MR) is 104 cm³/mol. The van der Waals surface area contributed by atoms with Gasteiger partial charge in [0.1, 0.15) is 18.1 Å². The van der Waals surface area contributed by atoms with Crippen molar-refractivity contribution in [3.63, 3.8) is 0 Å². The fraction of sp³-hybridized carbons (Fsp3) is 0.118. The van der Waals surface area contributed by atoms with Crippen molar-refractivity contribution in [1.29, 1.82) is 0 Å². The van der Waals surface area contributed by atoms with Gasteiger partial charge in [-0.3, -0.25) is 0 Å². The van der Waals surface area contributed by atoms with Crippen LogP contribution in [0.5, 0.6) is 11.5 Å². The molecule has 2 aromatic carbocycles. The third-order valence-corrected chi connectivity index (χ3v) is 4.20. The van der Waals surface area contributed by atoms with E-state index in [0.29, 0.717) is 26.4 Å². The lowest BCUT2D eigenvalue weighted by atomic mass is 10.2. The first-order chi connectivity index (χ1) is 12.6. The highest BCUT2D eigenvalue weighted by atomic mass is 35.5. The van der Waals surface area contributed by atoms with Crippen LogP contribution in [-0.4, -0.2) is 28.2 Å². The van der Waals surface area contributed by atoms with Gasteiger partial charge < -0.3 is 9.47 Å². The Kier molecular flexibility index (Phi) is 5.92. The van der Waals surface area contributed by atoms with Crippen LogP contribution in [0, 0.1) is 4.77 Å². The number of aromatic nitrogens is 3. The molecule has 134 valence electrons. The normalized spacial score (nSPS) is 11.0. The quantitative estimate of drug-likeness (QED) is 0.473. The minimum atomic E-state index is 0.114. The second-order valence-corrected chi connectivity index (χ2v) is 6.37. The number of halogens is 2. The van der Waals surface area contributed by atoms with Crippen molar-refractivity contribution >= 4 is 41.6 Å². The molecule has 1 N–H and O–H groups in total. The van der Waals surface area contributed by atoms with Gasteiger partial charge in [-0.25, -0.2) is 5.10 Å². The van der Waals surface area contributed by atoms with Gasteiger partial charge in [-0.1, -0.05) is 35.3 Å². The fourth-order valence-electron chi connectivity index (χ4n) is 2.11. The van der Waals surface area contributed by atoms with Crippen LogP contribution in [0.15, 0.2) is 47.6 Å². The van der Waals surface area contributed by atoms with Crippen LogP contribution in [0.1, 0.15) is 11.4 Å². The molecule has 0 radical (unpaired) electrons. The van der Waals surface area contributed by atoms with Crippen LogP contribution >= 0.6 is 35.4 Å². The first-order valence-electron chi connectivity index (χ1n) is 7.49. The van der Waals surface area contributed by atoms with E-state index in [1.165, 1.54) is 4.68 Å². The van der Waals surface area contributed by atoms with Gasteiger partial charge in [0.15, 0.2) is 5.82 Å². The maximum atomic E-state index is 6.10. The summed E-state index contributed by atoms with van der Waals surface area (Å²) in [5.41, 5.74) is 0.859. The van der Waals surface area contributed by atoms with Gasteiger partial charge in [0.25, 0.3) is 0 Å². The summed E-state index contributed by atoms with van der Waals surface area (Å²) in [6.07, 6.45) is 1.66. The van der Waals surface area contributed by atoms with Gasteiger partial charge in [0.2, 0.25) is 4.77 Å². The largest absolute Gasteiger partial charge is 0.497 e. The molecule has 1 aromatic heterocycles. The molecular weight excluding hydrogens is 395 g/mol. The van der Waals surface area contributed by atoms with Crippen molar-refractivity contribution in [2.24, 2.45) is 5.10 Å². The molecule has 0 bridgehead atoms. The van der Waals surface area contributed by atoms with E-state index < -0.39 is 0 Å². The molecule has 0 saturated carbocycles. The van der Waals surface area contributed by atoms with Gasteiger partial charge in [-0.15, -0.1) is 0 Å². The average Bonchev–Trinajstić information content (AvgIpc) is 3.00. The molecule has 26 heavy (non-hydrogen) atoms. The number of benzene rings is 2. The van der Waals surface area contributed by atoms with Crippen molar-refractivity contribution < 1.29 is 9.47 Å². The van der Waals surface area contributed by atoms with Gasteiger partial charge in [-0.05, 0) is 42.0 Å². The zero-order chi connectivity index (χ0) is 18.5. The van der Waals surface area contributed by atoms with Crippen LogP contribution in [0.25, 0.3) is 0 Å². The van der Waals surface area contributed by atoms with Gasteiger partial charge in [0.05, 0.1) is 18.3 Å². The lowest BCUT2D eigenvalue weighted by molar-refractivity contribution is 0.291. The molecule has 0 atom stereocenters. The number of hydrogen-bond donors (Lipinski definition) is 1. The number of aromatic amines is 1. The number of nitrogens with zero attached hydrogens (tertiary/aromatic N) is 3. The van der Waals surface area contributed by atoms with Crippen molar-refractivity contribution in [2.75, 3.05) is 7.11 Å². The molecule has 0 aliphatic carbocycles. The highest BCUT2D eigenvalue weighted by Crippen LogP contribution is 2.28. The first kappa shape index (κ1) is 18.4. The molecule has 0 aliphatic heterocycles. The third-order valence-electron chi connectivity index (χ3n) is 3.38. The second kappa shape index (κ2) is 8.35. The number of nitrogens with one attached hydrogen (secondary N) is 1. The van der Waals surface area contributed by atoms with Crippen LogP contribution in [0.4, 0.5) is 0 Å². The first-order valence-corrected chi connectivity index (χ1v) is 8.66. The van der Waals surface area contributed by atoms with Crippen molar-refractivity contribution in [3.05, 3.63) is 68.7 Å². The minimum absolute atomic E-state index is 0.114. The minimum Gasteiger partial charge on any atom is -0.497 e. The van der Waals surface area contributed by atoms with E-state index in [4.69, 9.17) is 44.9 Å². The summed E-state index contributed by atoms with van der Waals surface area (Å²) in [5.74, 6) is 1.69. The molecule has 0 amide bonds. The lowest BCUT2D eigenvalue weighted by Gasteiger charge is -2.07. The Balaban J connectivity index is 1.79. The van der Waals surface area contributed by atoms with Crippen molar-refractivity contribution in [1.82, 2.24) is 14.9 Å². The standard InChI is InChI=1S/C17H14Cl2N4O2S/c1-24-13-4-2-3-11(7-13)9-20-23-16(21-22-17(23)26)10-25-15-8-12(18)5-6-14(15)19/h2-9H,10H2,1H3,(H,22,26)/b20-9-. The smallest absolute Gasteiger partial charge is 0.216 e. The van der Waals surface area contributed by atoms with E-state index in [-0.39, 0.29) is 6.61 Å². The molecule has 0 spiro atoms. The van der Waals surface area contributed by atoms with Crippen LogP contribution in [0.2, 0.25) is 10.0 Å². The van der Waals surface area contributed by atoms with E-state index in [2.05, 4.69) is 15.3 Å². The molecule has 9 heteroatoms. The van der Waals surface area contributed by atoms with E-state index >= 15 is 0 Å². The lowest BCUT2D eigenvalue weighted by Crippen LogP contribution is -2.04. The van der Waals surface area contributed by atoms with Gasteiger partial charge >= 0.3 is 0 Å². The molecule has 1 heterocycles. The molecular formula is C17H14Cl2N4O2S. The van der Waals surface area contributed by atoms with Crippen molar-refractivity contribution in [2.45, 2.75) is 6.61 Å². The van der Waals surface area contributed by atoms with Crippen molar-refractivity contribution in [3.8, 4) is 11.5 Å². The number of ether oxygens (including phenoxy) is 2. The van der Waals surface area contributed by atoms with Gasteiger partial charge in [0, 0.05) is 11.1 Å². The summed E-state index contributed by atoms with van der Waals surface area (Å²) in [6.45, 7) is 0.114. The Hall–Kier alpha value is -2.35. The zero-order valence-corrected chi connectivity index (χ0v) is 16.0. The molecule has 3 aromatic rings. The summed E-state index contributed by atoms with van der Waals surface area (Å²) in [7, 11) is 1.61. The predicted octanol–water partition coefficient (Wildman–Crippen LogP) is 4.72. The topological polar surface area (TPSA) is 64.4 Å². The van der Waals surface area contributed by atoms with Crippen LogP contribution in [-0.2, 0) is 6.61 Å². The van der Waals surface area contributed by atoms with Crippen LogP contribution in [0.3, 0.4) is 0 Å². The number of hydrogen-bond acceptors (Lipinski definition) is 5. The Labute approximate surface area is 165 Å². The molecule has 3 rings (SSSR count). The Morgan fingerprint density at radius 2 is 2.12 bits per heavy atom. The monoisotopic (exact) mass is 408 g/mol. The number of H-pyrrole nitrogens is 1. The number of methoxy groups -OCH3 is 1. The summed E-state index contributed by atoms with van der Waals surface area (Å²) in [5, 5.41) is 12.2. The molecule has 0 aliphatic rings. The maximum absolute atomic E-state index is 6.10. The van der Waals surface area contributed by atoms with Gasteiger partial charge in [-0.2, -0.15) is 14.9 Å². The SMILES string of the molecule is COc1cccc(/C=N\n2c(COc3cc(Cl)ccc3Cl)n[nH]c2=S)c1. The number of rotatable bonds is 6. The molecule has 0 saturated heterocycles. The highest BCUT2D eigenvalue weighted by molar-refractivity contribution is 7.71. The van der Waals surface area contributed by atoms with E-state index in [0.717, 1.165) is 11.3 Å². The second-order valence-electron chi connectivity index (χ2n) is 5.14. The third kappa shape index (κ3) is 4.43. The fourth-order valence-corrected chi connectivity index (χ4v) is 2.65. The summed E-state index contributed by atoms with van der Waals surface area (Å²) in [6, 6.07) is 12.5. The highest BCUT2D eigenvalue weighted by Gasteiger charge is 2.09. The Morgan fingerprint density at radius 1 is 1.27 bits per heavy atom. The molecule has 0 fully saturated rings. The maximum Gasteiger partial charge on any atom is 0.216 e. The molecule has 0 unspecified atom stereocenters.